The Morgan fingerprint density at radius 1 is 1.32 bits per heavy atom. The molecule has 1 amide bonds. The van der Waals surface area contributed by atoms with Gasteiger partial charge in [-0.05, 0) is 41.1 Å². The number of amides is 1. The topological polar surface area (TPSA) is 63.4 Å². The van der Waals surface area contributed by atoms with Crippen molar-refractivity contribution < 1.29 is 14.3 Å². The first-order chi connectivity index (χ1) is 12.2. The second-order valence-electron chi connectivity index (χ2n) is 6.28. The quantitative estimate of drug-likeness (QED) is 0.770. The Hall–Kier alpha value is -2.95. The maximum absolute atomic E-state index is 12.5. The molecule has 0 unspecified atom stereocenters. The van der Waals surface area contributed by atoms with Gasteiger partial charge in [0.2, 0.25) is 5.91 Å². The van der Waals surface area contributed by atoms with E-state index in [1.807, 2.05) is 36.5 Å². The fourth-order valence-electron chi connectivity index (χ4n) is 3.26. The number of fused-ring (bicyclic) bond motifs is 2. The number of H-pyrrole nitrogens is 1. The number of para-hydroxylation sites is 1. The number of carbonyl (C=O) groups excluding carboxylic acids is 1. The average molecular weight is 336 g/mol. The van der Waals surface area contributed by atoms with Gasteiger partial charge in [-0.25, -0.2) is 0 Å². The van der Waals surface area contributed by atoms with Crippen LogP contribution in [-0.2, 0) is 17.8 Å². The third-order valence-corrected chi connectivity index (χ3v) is 4.63. The van der Waals surface area contributed by atoms with E-state index in [-0.39, 0.29) is 11.8 Å². The Morgan fingerprint density at radius 2 is 2.24 bits per heavy atom. The van der Waals surface area contributed by atoms with Crippen molar-refractivity contribution in [2.75, 3.05) is 13.7 Å². The van der Waals surface area contributed by atoms with Gasteiger partial charge in [0, 0.05) is 18.3 Å². The van der Waals surface area contributed by atoms with Crippen molar-refractivity contribution in [3.63, 3.8) is 0 Å². The van der Waals surface area contributed by atoms with Crippen molar-refractivity contribution in [1.29, 1.82) is 0 Å². The molecule has 2 N–H and O–H groups in total. The number of ether oxygens (including phenoxy) is 2. The minimum Gasteiger partial charge on any atom is -0.493 e. The van der Waals surface area contributed by atoms with Crippen LogP contribution in [0, 0.1) is 5.92 Å². The Labute approximate surface area is 146 Å². The first kappa shape index (κ1) is 15.6. The van der Waals surface area contributed by atoms with E-state index in [9.17, 15) is 4.79 Å². The number of aromatic nitrogens is 1. The van der Waals surface area contributed by atoms with Gasteiger partial charge in [0.15, 0.2) is 11.5 Å². The molecule has 0 radical (unpaired) electrons. The van der Waals surface area contributed by atoms with Crippen LogP contribution < -0.4 is 14.8 Å². The predicted octanol–water partition coefficient (Wildman–Crippen LogP) is 3.04. The number of methoxy groups -OCH3 is 1. The summed E-state index contributed by atoms with van der Waals surface area (Å²) >= 11 is 0. The van der Waals surface area contributed by atoms with Crippen molar-refractivity contribution in [3.05, 3.63) is 59.8 Å². The van der Waals surface area contributed by atoms with Crippen LogP contribution in [0.5, 0.6) is 11.5 Å². The van der Waals surface area contributed by atoms with Crippen LogP contribution >= 0.6 is 0 Å². The lowest BCUT2D eigenvalue weighted by molar-refractivity contribution is -0.126. The van der Waals surface area contributed by atoms with E-state index in [0.717, 1.165) is 28.1 Å². The number of hydrogen-bond acceptors (Lipinski definition) is 3. The van der Waals surface area contributed by atoms with E-state index in [0.29, 0.717) is 19.6 Å². The zero-order chi connectivity index (χ0) is 17.2. The molecule has 4 rings (SSSR count). The minimum absolute atomic E-state index is 0.0139. The third kappa shape index (κ3) is 3.05. The van der Waals surface area contributed by atoms with Gasteiger partial charge in [0.1, 0.15) is 6.61 Å². The van der Waals surface area contributed by atoms with Crippen LogP contribution in [0.4, 0.5) is 0 Å². The van der Waals surface area contributed by atoms with E-state index < -0.39 is 0 Å². The van der Waals surface area contributed by atoms with Gasteiger partial charge in [0.05, 0.1) is 13.0 Å². The summed E-state index contributed by atoms with van der Waals surface area (Å²) in [5.41, 5.74) is 3.16. The van der Waals surface area contributed by atoms with E-state index in [2.05, 4.69) is 22.4 Å². The van der Waals surface area contributed by atoms with Gasteiger partial charge in [0.25, 0.3) is 0 Å². The summed E-state index contributed by atoms with van der Waals surface area (Å²) in [7, 11) is 1.62. The Morgan fingerprint density at radius 3 is 3.12 bits per heavy atom. The van der Waals surface area contributed by atoms with Gasteiger partial charge in [-0.3, -0.25) is 4.79 Å². The average Bonchev–Trinajstić information content (AvgIpc) is 3.12. The van der Waals surface area contributed by atoms with Crippen LogP contribution in [0.25, 0.3) is 10.9 Å². The Kier molecular flexibility index (Phi) is 4.06. The number of aromatic amines is 1. The smallest absolute Gasteiger partial charge is 0.227 e. The van der Waals surface area contributed by atoms with Crippen molar-refractivity contribution in [2.24, 2.45) is 5.92 Å². The number of hydrogen-bond donors (Lipinski definition) is 2. The second kappa shape index (κ2) is 6.51. The van der Waals surface area contributed by atoms with Gasteiger partial charge >= 0.3 is 0 Å². The Bertz CT molecular complexity index is 916. The number of carbonyl (C=O) groups is 1. The molecule has 1 aliphatic heterocycles. The van der Waals surface area contributed by atoms with E-state index in [1.54, 1.807) is 7.11 Å². The molecular weight excluding hydrogens is 316 g/mol. The molecule has 1 atom stereocenters. The standard InChI is InChI=1S/C20H20N2O3/c1-24-18-4-2-3-15-10-16(12-25-19(15)18)20(23)22-11-13-5-6-14-7-8-21-17(14)9-13/h2-9,16,21H,10-12H2,1H3,(H,22,23)/t16-/m0/s1. The molecule has 5 heteroatoms. The van der Waals surface area contributed by atoms with Crippen molar-refractivity contribution in [3.8, 4) is 11.5 Å². The number of rotatable bonds is 4. The summed E-state index contributed by atoms with van der Waals surface area (Å²) in [6, 6.07) is 14.0. The maximum atomic E-state index is 12.5. The van der Waals surface area contributed by atoms with Crippen LogP contribution in [0.3, 0.4) is 0 Å². The fraction of sp³-hybridized carbons (Fsp3) is 0.250. The molecule has 2 heterocycles. The van der Waals surface area contributed by atoms with E-state index in [1.165, 1.54) is 5.39 Å². The normalized spacial score (nSPS) is 16.1. The molecule has 25 heavy (non-hydrogen) atoms. The van der Waals surface area contributed by atoms with Crippen LogP contribution in [0.15, 0.2) is 48.7 Å². The van der Waals surface area contributed by atoms with Gasteiger partial charge in [-0.1, -0.05) is 24.3 Å². The highest BCUT2D eigenvalue weighted by Crippen LogP contribution is 2.36. The molecule has 0 saturated carbocycles. The van der Waals surface area contributed by atoms with Gasteiger partial charge in [-0.2, -0.15) is 0 Å². The molecule has 1 aliphatic rings. The summed E-state index contributed by atoms with van der Waals surface area (Å²) in [6.45, 7) is 0.879. The highest BCUT2D eigenvalue weighted by Gasteiger charge is 2.27. The predicted molar refractivity (Wildman–Crippen MR) is 95.8 cm³/mol. The van der Waals surface area contributed by atoms with Gasteiger partial charge in [-0.15, -0.1) is 0 Å². The van der Waals surface area contributed by atoms with Crippen LogP contribution in [0.1, 0.15) is 11.1 Å². The number of benzene rings is 2. The largest absolute Gasteiger partial charge is 0.493 e. The summed E-state index contributed by atoms with van der Waals surface area (Å²) in [6.07, 6.45) is 2.58. The first-order valence-corrected chi connectivity index (χ1v) is 8.37. The molecule has 5 nitrogen and oxygen atoms in total. The summed E-state index contributed by atoms with van der Waals surface area (Å²) in [5.74, 6) is 1.30. The maximum Gasteiger partial charge on any atom is 0.227 e. The minimum atomic E-state index is -0.186. The lowest BCUT2D eigenvalue weighted by Crippen LogP contribution is -2.37. The fourth-order valence-corrected chi connectivity index (χ4v) is 3.26. The monoisotopic (exact) mass is 336 g/mol. The number of nitrogens with one attached hydrogen (secondary N) is 2. The molecule has 0 bridgehead atoms. The molecule has 0 aliphatic carbocycles. The van der Waals surface area contributed by atoms with E-state index in [4.69, 9.17) is 9.47 Å². The highest BCUT2D eigenvalue weighted by molar-refractivity contribution is 5.81. The molecule has 2 aromatic carbocycles. The van der Waals surface area contributed by atoms with Crippen molar-refractivity contribution >= 4 is 16.8 Å². The lowest BCUT2D eigenvalue weighted by Gasteiger charge is -2.25. The SMILES string of the molecule is COc1cccc2c1OC[C@@H](C(=O)NCc1ccc3cc[nH]c3c1)C2. The zero-order valence-corrected chi connectivity index (χ0v) is 14.0. The van der Waals surface area contributed by atoms with Gasteiger partial charge < -0.3 is 19.8 Å². The Balaban J connectivity index is 1.41. The van der Waals surface area contributed by atoms with Crippen LogP contribution in [0.2, 0.25) is 0 Å². The summed E-state index contributed by atoms with van der Waals surface area (Å²) in [5, 5.41) is 4.19. The molecule has 1 aromatic heterocycles. The molecule has 0 spiro atoms. The van der Waals surface area contributed by atoms with E-state index >= 15 is 0 Å². The molecule has 0 saturated heterocycles. The van der Waals surface area contributed by atoms with Crippen molar-refractivity contribution in [1.82, 2.24) is 10.3 Å². The summed E-state index contributed by atoms with van der Waals surface area (Å²) in [4.78, 5) is 15.7. The first-order valence-electron chi connectivity index (χ1n) is 8.37. The van der Waals surface area contributed by atoms with Crippen LogP contribution in [-0.4, -0.2) is 24.6 Å². The second-order valence-corrected chi connectivity index (χ2v) is 6.28. The molecule has 128 valence electrons. The zero-order valence-electron chi connectivity index (χ0n) is 14.0. The lowest BCUT2D eigenvalue weighted by atomic mass is 9.95. The highest BCUT2D eigenvalue weighted by atomic mass is 16.5. The molecule has 0 fully saturated rings. The van der Waals surface area contributed by atoms with Crippen molar-refractivity contribution in [2.45, 2.75) is 13.0 Å². The molecule has 3 aromatic rings. The third-order valence-electron chi connectivity index (χ3n) is 4.63. The molecular formula is C20H20N2O3. The summed E-state index contributed by atoms with van der Waals surface area (Å²) < 4.78 is 11.1.